The highest BCUT2D eigenvalue weighted by molar-refractivity contribution is 5.43. The Bertz CT molecular complexity index is 741. The summed E-state index contributed by atoms with van der Waals surface area (Å²) in [5, 5.41) is 4.27. The van der Waals surface area contributed by atoms with Gasteiger partial charge in [0.2, 0.25) is 0 Å². The van der Waals surface area contributed by atoms with Gasteiger partial charge in [0, 0.05) is 37.7 Å². The highest BCUT2D eigenvalue weighted by Crippen LogP contribution is 2.32. The summed E-state index contributed by atoms with van der Waals surface area (Å²) >= 11 is 0. The van der Waals surface area contributed by atoms with Crippen LogP contribution in [0, 0.1) is 24.4 Å². The standard InChI is InChI=1S/C16H19F3N4/c1-9-13(16(20)22(2)21-9)8-23-4-3-10(7-23)12-5-11(17)6-14(18)15(12)19/h5-6,10H,3-4,7-8,20H2,1-2H3. The van der Waals surface area contributed by atoms with Crippen LogP contribution >= 0.6 is 0 Å². The van der Waals surface area contributed by atoms with Gasteiger partial charge in [-0.3, -0.25) is 9.58 Å². The van der Waals surface area contributed by atoms with Crippen LogP contribution in [0.3, 0.4) is 0 Å². The second-order valence-electron chi connectivity index (χ2n) is 6.08. The van der Waals surface area contributed by atoms with Gasteiger partial charge >= 0.3 is 0 Å². The fraction of sp³-hybridized carbons (Fsp3) is 0.438. The van der Waals surface area contributed by atoms with Crippen LogP contribution in [0.15, 0.2) is 12.1 Å². The maximum atomic E-state index is 13.9. The van der Waals surface area contributed by atoms with E-state index in [0.717, 1.165) is 23.9 Å². The smallest absolute Gasteiger partial charge is 0.162 e. The Morgan fingerprint density at radius 3 is 2.70 bits per heavy atom. The van der Waals surface area contributed by atoms with Crippen molar-refractivity contribution in [1.29, 1.82) is 0 Å². The molecule has 1 atom stereocenters. The summed E-state index contributed by atoms with van der Waals surface area (Å²) < 4.78 is 42.3. The lowest BCUT2D eigenvalue weighted by Crippen LogP contribution is -2.21. The van der Waals surface area contributed by atoms with E-state index in [1.54, 1.807) is 11.7 Å². The highest BCUT2D eigenvalue weighted by atomic mass is 19.2. The molecule has 1 fully saturated rings. The van der Waals surface area contributed by atoms with Crippen molar-refractivity contribution in [3.63, 3.8) is 0 Å². The number of aromatic nitrogens is 2. The van der Waals surface area contributed by atoms with Crippen LogP contribution in [0.2, 0.25) is 0 Å². The number of anilines is 1. The Kier molecular flexibility index (Phi) is 4.06. The SMILES string of the molecule is Cc1nn(C)c(N)c1CN1CCC(c2cc(F)cc(F)c2F)C1. The lowest BCUT2D eigenvalue weighted by atomic mass is 9.97. The molecule has 1 saturated heterocycles. The van der Waals surface area contributed by atoms with Gasteiger partial charge < -0.3 is 5.73 Å². The highest BCUT2D eigenvalue weighted by Gasteiger charge is 2.29. The first kappa shape index (κ1) is 15.9. The molecule has 1 unspecified atom stereocenters. The fourth-order valence-corrected chi connectivity index (χ4v) is 3.24. The molecule has 0 radical (unpaired) electrons. The average Bonchev–Trinajstić information content (AvgIpc) is 3.04. The normalized spacial score (nSPS) is 18.7. The molecule has 3 rings (SSSR count). The second-order valence-corrected chi connectivity index (χ2v) is 6.08. The number of aryl methyl sites for hydroxylation is 2. The molecule has 2 N–H and O–H groups in total. The molecule has 0 aliphatic carbocycles. The molecule has 1 aliphatic heterocycles. The van der Waals surface area contributed by atoms with Crippen LogP contribution in [0.25, 0.3) is 0 Å². The quantitative estimate of drug-likeness (QED) is 0.883. The number of nitrogens with two attached hydrogens (primary N) is 1. The van der Waals surface area contributed by atoms with Gasteiger partial charge in [-0.05, 0) is 31.5 Å². The molecule has 0 amide bonds. The van der Waals surface area contributed by atoms with E-state index in [9.17, 15) is 13.2 Å². The fourth-order valence-electron chi connectivity index (χ4n) is 3.24. The number of likely N-dealkylation sites (tertiary alicyclic amines) is 1. The molecule has 1 aromatic heterocycles. The van der Waals surface area contributed by atoms with E-state index in [1.165, 1.54) is 0 Å². The van der Waals surface area contributed by atoms with Crippen LogP contribution in [-0.2, 0) is 13.6 Å². The van der Waals surface area contributed by atoms with Crippen molar-refractivity contribution in [1.82, 2.24) is 14.7 Å². The van der Waals surface area contributed by atoms with Gasteiger partial charge in [0.15, 0.2) is 11.6 Å². The van der Waals surface area contributed by atoms with Crippen LogP contribution < -0.4 is 5.73 Å². The number of hydrogen-bond acceptors (Lipinski definition) is 3. The van der Waals surface area contributed by atoms with E-state index >= 15 is 0 Å². The zero-order valence-corrected chi connectivity index (χ0v) is 13.1. The molecular weight excluding hydrogens is 305 g/mol. The maximum absolute atomic E-state index is 13.9. The molecule has 0 spiro atoms. The van der Waals surface area contributed by atoms with Crippen molar-refractivity contribution < 1.29 is 13.2 Å². The Labute approximate surface area is 132 Å². The van der Waals surface area contributed by atoms with Gasteiger partial charge in [0.25, 0.3) is 0 Å². The van der Waals surface area contributed by atoms with Crippen LogP contribution in [-0.4, -0.2) is 27.8 Å². The number of hydrogen-bond donors (Lipinski definition) is 1. The van der Waals surface area contributed by atoms with Gasteiger partial charge in [-0.15, -0.1) is 0 Å². The Morgan fingerprint density at radius 2 is 2.04 bits per heavy atom. The number of rotatable bonds is 3. The van der Waals surface area contributed by atoms with E-state index in [2.05, 4.69) is 10.00 Å². The molecule has 4 nitrogen and oxygen atoms in total. The molecule has 0 bridgehead atoms. The Balaban J connectivity index is 1.77. The molecule has 23 heavy (non-hydrogen) atoms. The van der Waals surface area contributed by atoms with E-state index in [-0.39, 0.29) is 11.5 Å². The van der Waals surface area contributed by atoms with Gasteiger partial charge in [0.1, 0.15) is 11.6 Å². The molecule has 2 heterocycles. The molecule has 7 heteroatoms. The third-order valence-corrected chi connectivity index (χ3v) is 4.51. The predicted octanol–water partition coefficient (Wildman–Crippen LogP) is 2.72. The summed E-state index contributed by atoms with van der Waals surface area (Å²) in [5.41, 5.74) is 7.92. The zero-order valence-electron chi connectivity index (χ0n) is 13.1. The Morgan fingerprint density at radius 1 is 1.30 bits per heavy atom. The molecule has 1 aliphatic rings. The first-order valence-corrected chi connectivity index (χ1v) is 7.51. The van der Waals surface area contributed by atoms with Crippen molar-refractivity contribution >= 4 is 5.82 Å². The third-order valence-electron chi connectivity index (χ3n) is 4.51. The topological polar surface area (TPSA) is 47.1 Å². The zero-order chi connectivity index (χ0) is 16.7. The summed E-state index contributed by atoms with van der Waals surface area (Å²) in [4.78, 5) is 2.10. The van der Waals surface area contributed by atoms with E-state index in [0.29, 0.717) is 31.4 Å². The summed E-state index contributed by atoms with van der Waals surface area (Å²) in [6.45, 7) is 3.74. The summed E-state index contributed by atoms with van der Waals surface area (Å²) in [6.07, 6.45) is 0.652. The van der Waals surface area contributed by atoms with Crippen LogP contribution in [0.4, 0.5) is 19.0 Å². The molecule has 1 aromatic carbocycles. The van der Waals surface area contributed by atoms with Crippen molar-refractivity contribution in [2.45, 2.75) is 25.8 Å². The summed E-state index contributed by atoms with van der Waals surface area (Å²) in [6, 6.07) is 1.67. The minimum atomic E-state index is -1.13. The average molecular weight is 324 g/mol. The van der Waals surface area contributed by atoms with Gasteiger partial charge in [-0.25, -0.2) is 13.2 Å². The minimum absolute atomic E-state index is 0.112. The lowest BCUT2D eigenvalue weighted by Gasteiger charge is -2.17. The van der Waals surface area contributed by atoms with Crippen LogP contribution in [0.1, 0.15) is 29.2 Å². The molecule has 0 saturated carbocycles. The van der Waals surface area contributed by atoms with Crippen LogP contribution in [0.5, 0.6) is 0 Å². The molecule has 124 valence electrons. The minimum Gasteiger partial charge on any atom is -0.384 e. The van der Waals surface area contributed by atoms with E-state index in [4.69, 9.17) is 5.73 Å². The van der Waals surface area contributed by atoms with Crippen molar-refractivity contribution in [2.75, 3.05) is 18.8 Å². The van der Waals surface area contributed by atoms with E-state index in [1.807, 2.05) is 6.92 Å². The number of halogens is 3. The monoisotopic (exact) mass is 324 g/mol. The molecule has 2 aromatic rings. The second kappa shape index (κ2) is 5.88. The Hall–Kier alpha value is -2.02. The van der Waals surface area contributed by atoms with Crippen molar-refractivity contribution in [3.05, 3.63) is 46.4 Å². The van der Waals surface area contributed by atoms with Gasteiger partial charge in [0.05, 0.1) is 5.69 Å². The van der Waals surface area contributed by atoms with Gasteiger partial charge in [-0.2, -0.15) is 5.10 Å². The predicted molar refractivity (Wildman–Crippen MR) is 81.3 cm³/mol. The maximum Gasteiger partial charge on any atom is 0.162 e. The first-order valence-electron chi connectivity index (χ1n) is 7.51. The first-order chi connectivity index (χ1) is 10.9. The summed E-state index contributed by atoms with van der Waals surface area (Å²) in [7, 11) is 1.78. The van der Waals surface area contributed by atoms with Gasteiger partial charge in [-0.1, -0.05) is 0 Å². The van der Waals surface area contributed by atoms with Crippen molar-refractivity contribution in [3.8, 4) is 0 Å². The van der Waals surface area contributed by atoms with Crippen molar-refractivity contribution in [2.24, 2.45) is 7.05 Å². The number of nitrogen functional groups attached to an aromatic ring is 1. The molecular formula is C16H19F3N4. The number of nitrogens with zero attached hydrogens (tertiary/aromatic N) is 3. The third kappa shape index (κ3) is 2.93. The van der Waals surface area contributed by atoms with E-state index < -0.39 is 17.5 Å². The number of benzene rings is 1. The lowest BCUT2D eigenvalue weighted by molar-refractivity contribution is 0.325. The summed E-state index contributed by atoms with van der Waals surface area (Å²) in [5.74, 6) is -2.45. The largest absolute Gasteiger partial charge is 0.384 e.